The third-order valence-corrected chi connectivity index (χ3v) is 4.52. The summed E-state index contributed by atoms with van der Waals surface area (Å²) < 4.78 is 22.5. The van der Waals surface area contributed by atoms with E-state index >= 15 is 0 Å². The largest absolute Gasteiger partial charge is 0.392 e. The monoisotopic (exact) mass is 221 g/mol. The van der Waals surface area contributed by atoms with Crippen LogP contribution in [0.2, 0.25) is 0 Å². The van der Waals surface area contributed by atoms with Crippen molar-refractivity contribution in [2.24, 2.45) is 0 Å². The number of hydrogen-bond acceptors (Lipinski definition) is 4. The average Bonchev–Trinajstić information content (AvgIpc) is 2.09. The fraction of sp³-hybridized carbons (Fsp3) is 1.00. The van der Waals surface area contributed by atoms with Crippen molar-refractivity contribution in [1.82, 2.24) is 4.90 Å². The highest BCUT2D eigenvalue weighted by atomic mass is 32.2. The fourth-order valence-corrected chi connectivity index (χ4v) is 3.33. The Balaban J connectivity index is 2.50. The van der Waals surface area contributed by atoms with E-state index in [1.54, 1.807) is 0 Å². The van der Waals surface area contributed by atoms with Gasteiger partial charge in [0.25, 0.3) is 0 Å². The van der Waals surface area contributed by atoms with E-state index in [9.17, 15) is 13.5 Å². The van der Waals surface area contributed by atoms with Crippen molar-refractivity contribution in [1.29, 1.82) is 0 Å². The molecule has 1 aliphatic heterocycles. The maximum Gasteiger partial charge on any atom is 0.153 e. The topological polar surface area (TPSA) is 57.6 Å². The van der Waals surface area contributed by atoms with Gasteiger partial charge in [0, 0.05) is 19.1 Å². The minimum absolute atomic E-state index is 0.0370. The fourth-order valence-electron chi connectivity index (χ4n) is 1.70. The van der Waals surface area contributed by atoms with Gasteiger partial charge in [-0.2, -0.15) is 0 Å². The van der Waals surface area contributed by atoms with Gasteiger partial charge in [0.15, 0.2) is 9.84 Å². The van der Waals surface area contributed by atoms with E-state index in [0.29, 0.717) is 13.1 Å². The number of hydrogen-bond donors (Lipinski definition) is 1. The molecule has 0 aliphatic carbocycles. The first-order valence-electron chi connectivity index (χ1n) is 5.07. The van der Waals surface area contributed by atoms with E-state index in [-0.39, 0.29) is 23.7 Å². The molecule has 0 aromatic carbocycles. The molecule has 0 amide bonds. The van der Waals surface area contributed by atoms with Crippen LogP contribution in [-0.4, -0.2) is 55.2 Å². The number of aliphatic hydroxyl groups is 1. The lowest BCUT2D eigenvalue weighted by molar-refractivity contribution is 0.0945. The molecule has 0 aromatic rings. The molecule has 0 aromatic heterocycles. The van der Waals surface area contributed by atoms with Crippen LogP contribution in [0.4, 0.5) is 0 Å². The maximum absolute atomic E-state index is 11.3. The Morgan fingerprint density at radius 1 is 1.57 bits per heavy atom. The lowest BCUT2D eigenvalue weighted by atomic mass is 10.2. The van der Waals surface area contributed by atoms with Crippen molar-refractivity contribution in [3.63, 3.8) is 0 Å². The van der Waals surface area contributed by atoms with Crippen LogP contribution in [0.1, 0.15) is 20.3 Å². The highest BCUT2D eigenvalue weighted by Gasteiger charge is 2.28. The first-order valence-corrected chi connectivity index (χ1v) is 6.89. The molecule has 0 radical (unpaired) electrons. The van der Waals surface area contributed by atoms with Crippen LogP contribution in [0.25, 0.3) is 0 Å². The SMILES string of the molecule is CCC(O)CN1CCS(=O)(=O)CC1C. The van der Waals surface area contributed by atoms with Crippen molar-refractivity contribution in [2.45, 2.75) is 32.4 Å². The summed E-state index contributed by atoms with van der Waals surface area (Å²) >= 11 is 0. The summed E-state index contributed by atoms with van der Waals surface area (Å²) in [4.78, 5) is 2.05. The quantitative estimate of drug-likeness (QED) is 0.721. The zero-order chi connectivity index (χ0) is 10.8. The molecule has 5 heteroatoms. The van der Waals surface area contributed by atoms with Gasteiger partial charge < -0.3 is 5.11 Å². The average molecular weight is 221 g/mol. The Kier molecular flexibility index (Phi) is 3.92. The Bertz CT molecular complexity index is 276. The molecule has 2 unspecified atom stereocenters. The van der Waals surface area contributed by atoms with Crippen molar-refractivity contribution >= 4 is 9.84 Å². The number of nitrogens with zero attached hydrogens (tertiary/aromatic N) is 1. The summed E-state index contributed by atoms with van der Waals surface area (Å²) in [5, 5.41) is 9.47. The molecule has 0 spiro atoms. The van der Waals surface area contributed by atoms with Gasteiger partial charge in [0.05, 0.1) is 17.6 Å². The molecule has 1 saturated heterocycles. The normalized spacial score (nSPS) is 30.1. The summed E-state index contributed by atoms with van der Waals surface area (Å²) in [6, 6.07) is 0.0370. The molecular formula is C9H19NO3S. The second kappa shape index (κ2) is 4.59. The Hall–Kier alpha value is -0.130. The molecule has 14 heavy (non-hydrogen) atoms. The standard InChI is InChI=1S/C9H19NO3S/c1-3-9(11)6-10-4-5-14(12,13)7-8(10)2/h8-9,11H,3-7H2,1-2H3. The first kappa shape index (κ1) is 11.9. The molecule has 1 aliphatic rings. The number of aliphatic hydroxyl groups excluding tert-OH is 1. The zero-order valence-corrected chi connectivity index (χ0v) is 9.63. The Labute approximate surface area is 85.8 Å². The van der Waals surface area contributed by atoms with E-state index in [1.165, 1.54) is 0 Å². The van der Waals surface area contributed by atoms with Crippen molar-refractivity contribution in [3.05, 3.63) is 0 Å². The predicted molar refractivity (Wildman–Crippen MR) is 56.0 cm³/mol. The molecule has 4 nitrogen and oxygen atoms in total. The van der Waals surface area contributed by atoms with Crippen molar-refractivity contribution in [2.75, 3.05) is 24.6 Å². The molecule has 1 N–H and O–H groups in total. The molecule has 1 fully saturated rings. The van der Waals surface area contributed by atoms with E-state index in [4.69, 9.17) is 0 Å². The maximum atomic E-state index is 11.3. The molecule has 84 valence electrons. The van der Waals surface area contributed by atoms with Crippen LogP contribution in [0, 0.1) is 0 Å². The number of β-amino-alcohol motifs (C(OH)–C–C–N with tert-alkyl or cyclic N) is 1. The summed E-state index contributed by atoms with van der Waals surface area (Å²) in [6.45, 7) is 4.98. The summed E-state index contributed by atoms with van der Waals surface area (Å²) in [6.07, 6.45) is 0.383. The molecule has 2 atom stereocenters. The minimum atomic E-state index is -2.83. The van der Waals surface area contributed by atoms with Gasteiger partial charge >= 0.3 is 0 Å². The van der Waals surface area contributed by atoms with Crippen LogP contribution in [0.15, 0.2) is 0 Å². The number of rotatable bonds is 3. The zero-order valence-electron chi connectivity index (χ0n) is 8.81. The molecule has 1 rings (SSSR count). The van der Waals surface area contributed by atoms with Gasteiger partial charge in [0.2, 0.25) is 0 Å². The van der Waals surface area contributed by atoms with Crippen LogP contribution >= 0.6 is 0 Å². The van der Waals surface area contributed by atoms with E-state index < -0.39 is 9.84 Å². The third-order valence-electron chi connectivity index (χ3n) is 2.72. The van der Waals surface area contributed by atoms with Crippen molar-refractivity contribution < 1.29 is 13.5 Å². The van der Waals surface area contributed by atoms with Gasteiger partial charge in [0.1, 0.15) is 0 Å². The number of sulfone groups is 1. The highest BCUT2D eigenvalue weighted by molar-refractivity contribution is 7.91. The van der Waals surface area contributed by atoms with Gasteiger partial charge in [-0.25, -0.2) is 8.42 Å². The molecule has 0 saturated carbocycles. The van der Waals surface area contributed by atoms with Gasteiger partial charge in [-0.3, -0.25) is 4.90 Å². The summed E-state index contributed by atoms with van der Waals surface area (Å²) in [7, 11) is -2.83. The summed E-state index contributed by atoms with van der Waals surface area (Å²) in [5.41, 5.74) is 0. The van der Waals surface area contributed by atoms with E-state index in [1.807, 2.05) is 13.8 Å². The van der Waals surface area contributed by atoms with Crippen molar-refractivity contribution in [3.8, 4) is 0 Å². The summed E-state index contributed by atoms with van der Waals surface area (Å²) in [5.74, 6) is 0.456. The second-order valence-corrected chi connectivity index (χ2v) is 6.25. The van der Waals surface area contributed by atoms with Crippen LogP contribution in [0.5, 0.6) is 0 Å². The minimum Gasteiger partial charge on any atom is -0.392 e. The lowest BCUT2D eigenvalue weighted by Gasteiger charge is -2.34. The van der Waals surface area contributed by atoms with Gasteiger partial charge in [-0.1, -0.05) is 6.92 Å². The lowest BCUT2D eigenvalue weighted by Crippen LogP contribution is -2.49. The molecule has 1 heterocycles. The van der Waals surface area contributed by atoms with E-state index in [0.717, 1.165) is 6.42 Å². The molecular weight excluding hydrogens is 202 g/mol. The van der Waals surface area contributed by atoms with Gasteiger partial charge in [-0.05, 0) is 13.3 Å². The van der Waals surface area contributed by atoms with Crippen LogP contribution < -0.4 is 0 Å². The van der Waals surface area contributed by atoms with E-state index in [2.05, 4.69) is 4.90 Å². The third kappa shape index (κ3) is 3.22. The highest BCUT2D eigenvalue weighted by Crippen LogP contribution is 2.12. The smallest absolute Gasteiger partial charge is 0.153 e. The molecule has 0 bridgehead atoms. The van der Waals surface area contributed by atoms with Gasteiger partial charge in [-0.15, -0.1) is 0 Å². The Morgan fingerprint density at radius 2 is 2.21 bits per heavy atom. The first-order chi connectivity index (χ1) is 6.44. The predicted octanol–water partition coefficient (Wildman–Crippen LogP) is -0.124. The Morgan fingerprint density at radius 3 is 2.71 bits per heavy atom. The second-order valence-electron chi connectivity index (χ2n) is 4.02. The van der Waals surface area contributed by atoms with Crippen LogP contribution in [-0.2, 0) is 9.84 Å². The van der Waals surface area contributed by atoms with Crippen LogP contribution in [0.3, 0.4) is 0 Å².